The second-order valence-electron chi connectivity index (χ2n) is 11.9. The number of rotatable bonds is 5. The summed E-state index contributed by atoms with van der Waals surface area (Å²) in [7, 11) is 0. The molecule has 2 aliphatic carbocycles. The summed E-state index contributed by atoms with van der Waals surface area (Å²) in [6, 6.07) is 12.6. The number of benzene rings is 2. The maximum atomic E-state index is 14.0. The molecule has 7 atom stereocenters. The molecule has 8 rings (SSSR count). The van der Waals surface area contributed by atoms with Crippen LogP contribution in [0.3, 0.4) is 0 Å². The average Bonchev–Trinajstić information content (AvgIpc) is 3.76. The van der Waals surface area contributed by atoms with Gasteiger partial charge in [0.05, 0.1) is 35.8 Å². The maximum absolute atomic E-state index is 14.0. The fraction of sp³-hybridized carbons (Fsp3) is 0.419. The maximum Gasteiger partial charge on any atom is 0.305 e. The molecule has 0 spiro atoms. The monoisotopic (exact) mass is 715 g/mol. The van der Waals surface area contributed by atoms with Crippen LogP contribution in [0.25, 0.3) is 0 Å². The van der Waals surface area contributed by atoms with Crippen molar-refractivity contribution in [2.24, 2.45) is 29.6 Å². The van der Waals surface area contributed by atoms with E-state index in [0.717, 1.165) is 26.4 Å². The molecule has 13 heteroatoms. The molecule has 6 unspecified atom stereocenters. The Morgan fingerprint density at radius 2 is 1.77 bits per heavy atom. The van der Waals surface area contributed by atoms with E-state index in [-0.39, 0.29) is 58.1 Å². The first kappa shape index (κ1) is 28.8. The van der Waals surface area contributed by atoms with E-state index in [2.05, 4.69) is 20.9 Å². The Morgan fingerprint density at radius 3 is 2.52 bits per heavy atom. The van der Waals surface area contributed by atoms with Crippen LogP contribution < -0.4 is 14.5 Å². The summed E-state index contributed by atoms with van der Waals surface area (Å²) in [5.41, 5.74) is 1.41. The van der Waals surface area contributed by atoms with Gasteiger partial charge in [-0.05, 0) is 66.6 Å². The van der Waals surface area contributed by atoms with Gasteiger partial charge in [-0.2, -0.15) is 0 Å². The molecule has 2 saturated heterocycles. The lowest BCUT2D eigenvalue weighted by Crippen LogP contribution is -2.43. The summed E-state index contributed by atoms with van der Waals surface area (Å²) in [5.74, 6) is -0.957. The van der Waals surface area contributed by atoms with Gasteiger partial charge in [-0.15, -0.1) is 11.8 Å². The number of thiazole rings is 1. The summed E-state index contributed by atoms with van der Waals surface area (Å²) in [5, 5.41) is 1.39. The SMILES string of the molecule is O=C(COc1ccc(Br)cc1[C@H]1c2sc(=O)[nH]c2SC2C3CC(C4C(=O)N(c5ccc(Cl)cc5)C(=O)C34)C21)N1CCOCC1. The summed E-state index contributed by atoms with van der Waals surface area (Å²) in [4.78, 5) is 60.5. The van der Waals surface area contributed by atoms with Crippen LogP contribution in [0.4, 0.5) is 5.69 Å². The van der Waals surface area contributed by atoms with E-state index in [9.17, 15) is 19.2 Å². The summed E-state index contributed by atoms with van der Waals surface area (Å²) < 4.78 is 12.5. The number of H-pyrrole nitrogens is 1. The van der Waals surface area contributed by atoms with Crippen molar-refractivity contribution in [3.8, 4) is 5.75 Å². The lowest BCUT2D eigenvalue weighted by atomic mass is 9.68. The number of halogens is 2. The van der Waals surface area contributed by atoms with E-state index < -0.39 is 11.8 Å². The van der Waals surface area contributed by atoms with Crippen LogP contribution in [0.2, 0.25) is 5.02 Å². The number of aromatic amines is 1. The predicted molar refractivity (Wildman–Crippen MR) is 169 cm³/mol. The first-order chi connectivity index (χ1) is 21.3. The van der Waals surface area contributed by atoms with Crippen molar-refractivity contribution in [1.29, 1.82) is 0 Å². The zero-order valence-corrected chi connectivity index (χ0v) is 27.2. The molecule has 4 fully saturated rings. The predicted octanol–water partition coefficient (Wildman–Crippen LogP) is 4.77. The number of hydrogen-bond acceptors (Lipinski definition) is 8. The average molecular weight is 717 g/mol. The summed E-state index contributed by atoms with van der Waals surface area (Å²) >= 11 is 12.6. The van der Waals surface area contributed by atoms with Gasteiger partial charge in [0.2, 0.25) is 11.8 Å². The largest absolute Gasteiger partial charge is 0.483 e. The first-order valence-electron chi connectivity index (χ1n) is 14.6. The third-order valence-electron chi connectivity index (χ3n) is 9.83. The van der Waals surface area contributed by atoms with Gasteiger partial charge in [-0.3, -0.25) is 24.1 Å². The highest BCUT2D eigenvalue weighted by molar-refractivity contribution is 9.10. The molecular formula is C31H27BrClN3O6S2. The van der Waals surface area contributed by atoms with Crippen LogP contribution in [0.5, 0.6) is 5.75 Å². The minimum Gasteiger partial charge on any atom is -0.483 e. The van der Waals surface area contributed by atoms with Crippen LogP contribution in [0, 0.1) is 29.6 Å². The van der Waals surface area contributed by atoms with Crippen molar-refractivity contribution in [1.82, 2.24) is 9.88 Å². The number of aromatic nitrogens is 1. The number of thioether (sulfide) groups is 1. The molecule has 3 aliphatic heterocycles. The molecular weight excluding hydrogens is 690 g/mol. The zero-order valence-electron chi connectivity index (χ0n) is 23.2. The number of fused-ring (bicyclic) bond motifs is 9. The number of hydrogen-bond donors (Lipinski definition) is 1. The van der Waals surface area contributed by atoms with E-state index in [1.54, 1.807) is 40.9 Å². The van der Waals surface area contributed by atoms with Gasteiger partial charge in [0.25, 0.3) is 5.91 Å². The molecule has 0 radical (unpaired) electrons. The number of ether oxygens (including phenoxy) is 2. The minimum atomic E-state index is -0.427. The van der Waals surface area contributed by atoms with Gasteiger partial charge >= 0.3 is 4.87 Å². The van der Waals surface area contributed by atoms with Crippen molar-refractivity contribution in [2.45, 2.75) is 22.6 Å². The van der Waals surface area contributed by atoms with Gasteiger partial charge in [0.1, 0.15) is 5.75 Å². The molecule has 1 N–H and O–H groups in total. The molecule has 2 bridgehead atoms. The lowest BCUT2D eigenvalue weighted by molar-refractivity contribution is -0.137. The molecule has 3 aromatic rings. The van der Waals surface area contributed by atoms with Crippen LogP contribution >= 0.6 is 50.6 Å². The Labute approximate surface area is 274 Å². The molecule has 2 saturated carbocycles. The van der Waals surface area contributed by atoms with Crippen molar-refractivity contribution in [3.63, 3.8) is 0 Å². The van der Waals surface area contributed by atoms with Gasteiger partial charge in [-0.1, -0.05) is 38.9 Å². The number of morpholine rings is 1. The molecule has 228 valence electrons. The number of nitrogens with one attached hydrogen (secondary N) is 1. The minimum absolute atomic E-state index is 0.00119. The number of carbonyl (C=O) groups is 3. The highest BCUT2D eigenvalue weighted by Gasteiger charge is 2.69. The van der Waals surface area contributed by atoms with Gasteiger partial charge in [-0.25, -0.2) is 0 Å². The molecule has 5 aliphatic rings. The Balaban J connectivity index is 1.16. The third kappa shape index (κ3) is 4.51. The van der Waals surface area contributed by atoms with Crippen LogP contribution in [-0.4, -0.2) is 65.8 Å². The molecule has 2 aromatic carbocycles. The quantitative estimate of drug-likeness (QED) is 0.379. The fourth-order valence-corrected chi connectivity index (χ4v) is 11.5. The molecule has 4 heterocycles. The second-order valence-corrected chi connectivity index (χ2v) is 15.5. The Morgan fingerprint density at radius 1 is 1.05 bits per heavy atom. The van der Waals surface area contributed by atoms with E-state index in [1.807, 2.05) is 18.2 Å². The zero-order chi connectivity index (χ0) is 30.3. The summed E-state index contributed by atoms with van der Waals surface area (Å²) in [6.07, 6.45) is 0.777. The van der Waals surface area contributed by atoms with E-state index in [4.69, 9.17) is 21.1 Å². The molecule has 44 heavy (non-hydrogen) atoms. The Kier molecular flexibility index (Phi) is 7.21. The van der Waals surface area contributed by atoms with Crippen LogP contribution in [0.1, 0.15) is 22.8 Å². The standard InChI is InChI=1S/C31H27BrClN3O6S2/c32-14-1-6-20(42-13-21(37)35-7-9-41-10-8-35)17(11-14)22-23-18-12-19(26(23)43-28-27(22)44-31(40)34-28)25-24(18)29(38)36(30(25)39)16-4-2-15(33)3-5-16/h1-6,11,18-19,22-26H,7-10,12-13H2,(H,34,40)/t18?,19?,22-,23?,24?,25?,26?/m1/s1. The first-order valence-corrected chi connectivity index (χ1v) is 17.5. The van der Waals surface area contributed by atoms with E-state index in [0.29, 0.717) is 42.8 Å². The smallest absolute Gasteiger partial charge is 0.305 e. The molecule has 9 nitrogen and oxygen atoms in total. The number of anilines is 1. The lowest BCUT2D eigenvalue weighted by Gasteiger charge is -2.43. The Hall–Kier alpha value is -2.64. The normalized spacial score (nSPS) is 30.4. The number of nitrogens with zero attached hydrogens (tertiary/aromatic N) is 2. The van der Waals surface area contributed by atoms with Crippen molar-refractivity contribution >= 4 is 74.0 Å². The third-order valence-corrected chi connectivity index (χ3v) is 13.2. The summed E-state index contributed by atoms with van der Waals surface area (Å²) in [6.45, 7) is 1.97. The van der Waals surface area contributed by atoms with Crippen LogP contribution in [-0.2, 0) is 19.1 Å². The number of imide groups is 1. The van der Waals surface area contributed by atoms with E-state index in [1.165, 1.54) is 16.2 Å². The van der Waals surface area contributed by atoms with Gasteiger partial charge < -0.3 is 19.4 Å². The van der Waals surface area contributed by atoms with Crippen molar-refractivity contribution in [3.05, 3.63) is 72.1 Å². The number of carbonyl (C=O) groups excluding carboxylic acids is 3. The van der Waals surface area contributed by atoms with Crippen molar-refractivity contribution in [2.75, 3.05) is 37.8 Å². The molecule has 3 amide bonds. The fourth-order valence-electron chi connectivity index (χ4n) is 8.15. The van der Waals surface area contributed by atoms with E-state index >= 15 is 0 Å². The van der Waals surface area contributed by atoms with Gasteiger partial charge in [0, 0.05) is 44.2 Å². The topological polar surface area (TPSA) is 109 Å². The highest BCUT2D eigenvalue weighted by Crippen LogP contribution is 2.69. The second kappa shape index (κ2) is 11.0. The van der Waals surface area contributed by atoms with Crippen LogP contribution in [0.15, 0.2) is 56.8 Å². The van der Waals surface area contributed by atoms with Crippen molar-refractivity contribution < 1.29 is 23.9 Å². The molecule has 1 aromatic heterocycles. The Bertz CT molecular complexity index is 1740. The highest BCUT2D eigenvalue weighted by atomic mass is 79.9. The number of amides is 3. The van der Waals surface area contributed by atoms with Gasteiger partial charge in [0.15, 0.2) is 6.61 Å².